The lowest BCUT2D eigenvalue weighted by atomic mass is 9.80. The predicted molar refractivity (Wildman–Crippen MR) is 272 cm³/mol. The Kier molecular flexibility index (Phi) is 9.60. The molecule has 312 valence electrons. The van der Waals surface area contributed by atoms with E-state index in [2.05, 4.69) is 243 Å². The van der Waals surface area contributed by atoms with Crippen LogP contribution >= 0.6 is 0 Å². The number of para-hydroxylation sites is 1. The molecule has 0 radical (unpaired) electrons. The van der Waals surface area contributed by atoms with E-state index >= 15 is 0 Å². The van der Waals surface area contributed by atoms with Crippen molar-refractivity contribution in [3.63, 3.8) is 0 Å². The normalized spacial score (nSPS) is 14.3. The number of hydrogen-bond donors (Lipinski definition) is 0. The van der Waals surface area contributed by atoms with Crippen molar-refractivity contribution in [2.75, 3.05) is 0 Å². The highest BCUT2D eigenvalue weighted by molar-refractivity contribution is 5.89. The summed E-state index contributed by atoms with van der Waals surface area (Å²) in [6.07, 6.45) is 3.03. The minimum Gasteiger partial charge on any atom is -0.312 e. The van der Waals surface area contributed by atoms with Crippen LogP contribution in [-0.2, 0) is 18.3 Å². The van der Waals surface area contributed by atoms with E-state index in [0.717, 1.165) is 19.3 Å². The van der Waals surface area contributed by atoms with E-state index in [0.29, 0.717) is 5.92 Å². The third kappa shape index (κ3) is 6.95. The molecule has 0 bridgehead atoms. The van der Waals surface area contributed by atoms with Crippen LogP contribution in [0.4, 0.5) is 0 Å². The van der Waals surface area contributed by atoms with Crippen LogP contribution in [0.5, 0.6) is 0 Å². The average molecular weight is 834 g/mol. The summed E-state index contributed by atoms with van der Waals surface area (Å²) in [4.78, 5) is 0. The van der Waals surface area contributed by atoms with E-state index in [9.17, 15) is 0 Å². The monoisotopic (exact) mass is 833 g/mol. The Morgan fingerprint density at radius 3 is 1.57 bits per heavy atom. The van der Waals surface area contributed by atoms with Crippen LogP contribution in [0, 0.1) is 0 Å². The fourth-order valence-corrected chi connectivity index (χ4v) is 11.1. The van der Waals surface area contributed by atoms with Gasteiger partial charge in [-0.25, -0.2) is 0 Å². The van der Waals surface area contributed by atoms with Crippen LogP contribution in [-0.4, -0.2) is 4.57 Å². The Morgan fingerprint density at radius 2 is 0.954 bits per heavy atom. The van der Waals surface area contributed by atoms with Gasteiger partial charge in [0.2, 0.25) is 0 Å². The van der Waals surface area contributed by atoms with Crippen molar-refractivity contribution >= 4 is 10.9 Å². The summed E-state index contributed by atoms with van der Waals surface area (Å²) in [5.41, 5.74) is 24.0. The second kappa shape index (κ2) is 15.9. The molecule has 10 aromatic rings. The minimum atomic E-state index is -0.0668. The van der Waals surface area contributed by atoms with Crippen molar-refractivity contribution in [1.82, 2.24) is 4.57 Å². The number of fused-ring (bicyclic) bond motifs is 8. The van der Waals surface area contributed by atoms with Crippen molar-refractivity contribution in [2.45, 2.75) is 50.4 Å². The van der Waals surface area contributed by atoms with E-state index in [4.69, 9.17) is 0 Å². The summed E-state index contributed by atoms with van der Waals surface area (Å²) in [5.74, 6) is 0.604. The van der Waals surface area contributed by atoms with Gasteiger partial charge >= 0.3 is 0 Å². The summed E-state index contributed by atoms with van der Waals surface area (Å²) in [7, 11) is 0. The van der Waals surface area contributed by atoms with Crippen molar-refractivity contribution in [1.29, 1.82) is 0 Å². The van der Waals surface area contributed by atoms with Gasteiger partial charge in [-0.3, -0.25) is 0 Å². The molecule has 12 rings (SSSR count). The molecular formula is C64H51N. The van der Waals surface area contributed by atoms with E-state index in [1.54, 1.807) is 0 Å². The zero-order valence-corrected chi connectivity index (χ0v) is 37.1. The molecule has 1 aliphatic carbocycles. The largest absolute Gasteiger partial charge is 0.312 e. The number of aromatic nitrogens is 1. The quantitative estimate of drug-likeness (QED) is 0.129. The Morgan fingerprint density at radius 1 is 0.446 bits per heavy atom. The summed E-state index contributed by atoms with van der Waals surface area (Å²) < 4.78 is 2.52. The molecule has 1 aliphatic heterocycles. The fourth-order valence-electron chi connectivity index (χ4n) is 11.1. The van der Waals surface area contributed by atoms with Gasteiger partial charge in [-0.15, -0.1) is 0 Å². The molecule has 0 fully saturated rings. The molecule has 0 saturated heterocycles. The van der Waals surface area contributed by atoms with Crippen molar-refractivity contribution in [3.05, 3.63) is 269 Å². The van der Waals surface area contributed by atoms with Gasteiger partial charge in [-0.2, -0.15) is 0 Å². The van der Waals surface area contributed by atoms with Crippen LogP contribution in [0.25, 0.3) is 61.1 Å². The highest BCUT2D eigenvalue weighted by Crippen LogP contribution is 2.53. The van der Waals surface area contributed by atoms with Gasteiger partial charge < -0.3 is 4.57 Å². The van der Waals surface area contributed by atoms with E-state index < -0.39 is 0 Å². The van der Waals surface area contributed by atoms with Gasteiger partial charge in [0.05, 0.1) is 11.2 Å². The van der Waals surface area contributed by atoms with Crippen molar-refractivity contribution in [2.24, 2.45) is 0 Å². The summed E-state index contributed by atoms with van der Waals surface area (Å²) in [5, 5.41) is 1.31. The molecule has 2 heterocycles. The molecular weight excluding hydrogens is 783 g/mol. The fraction of sp³-hybridized carbons (Fsp3) is 0.125. The van der Waals surface area contributed by atoms with Crippen molar-refractivity contribution < 1.29 is 0 Å². The smallest absolute Gasteiger partial charge is 0.0531 e. The molecule has 1 nitrogen and oxygen atoms in total. The Balaban J connectivity index is 0.775. The van der Waals surface area contributed by atoms with Gasteiger partial charge in [-0.05, 0) is 121 Å². The topological polar surface area (TPSA) is 4.93 Å². The molecule has 1 heteroatoms. The van der Waals surface area contributed by atoms with E-state index in [-0.39, 0.29) is 11.3 Å². The third-order valence-electron chi connectivity index (χ3n) is 14.7. The third-order valence-corrected chi connectivity index (χ3v) is 14.7. The van der Waals surface area contributed by atoms with E-state index in [1.165, 1.54) is 106 Å². The lowest BCUT2D eigenvalue weighted by molar-refractivity contribution is 0.642. The van der Waals surface area contributed by atoms with Crippen LogP contribution in [0.2, 0.25) is 0 Å². The minimum absolute atomic E-state index is 0.0668. The molecule has 2 aliphatic rings. The maximum Gasteiger partial charge on any atom is 0.0531 e. The summed E-state index contributed by atoms with van der Waals surface area (Å²) in [6, 6.07) is 83.8. The highest BCUT2D eigenvalue weighted by atomic mass is 15.0. The number of nitrogens with zero attached hydrogens (tertiary/aromatic N) is 1. The van der Waals surface area contributed by atoms with Crippen LogP contribution < -0.4 is 0 Å². The molecule has 65 heavy (non-hydrogen) atoms. The highest BCUT2D eigenvalue weighted by Gasteiger charge is 2.40. The van der Waals surface area contributed by atoms with Crippen molar-refractivity contribution in [3.8, 4) is 50.2 Å². The molecule has 9 aromatic carbocycles. The Bertz CT molecular complexity index is 3230. The first kappa shape index (κ1) is 39.1. The molecule has 1 unspecified atom stereocenters. The molecule has 0 spiro atoms. The second-order valence-corrected chi connectivity index (χ2v) is 18.8. The van der Waals surface area contributed by atoms with Crippen LogP contribution in [0.15, 0.2) is 224 Å². The average Bonchev–Trinajstić information content (AvgIpc) is 3.98. The van der Waals surface area contributed by atoms with E-state index in [1.807, 2.05) is 0 Å². The predicted octanol–water partition coefficient (Wildman–Crippen LogP) is 16.4. The Labute approximate surface area is 383 Å². The van der Waals surface area contributed by atoms with Gasteiger partial charge in [-0.1, -0.05) is 220 Å². The molecule has 0 amide bonds. The zero-order chi connectivity index (χ0) is 43.5. The SMILES string of the molecule is CC1(C)c2cc3c(cc2-n2c1cc1ccccc12)-c1ccccc1C3CCc1ccc(-c2ccc(CC(c3ccc(-c4ccccc4)cc3)c3ccc(-c4ccccc4)cc3)cc2)cc1. The molecule has 1 aromatic heterocycles. The first-order valence-electron chi connectivity index (χ1n) is 23.3. The maximum absolute atomic E-state index is 2.56. The Hall–Kier alpha value is -7.48. The number of aryl methyl sites for hydroxylation is 1. The molecule has 0 N–H and O–H groups in total. The first-order chi connectivity index (χ1) is 32.0. The standard InChI is InChI=1S/C64H51N/c1-64(2)60-41-58-56(54-18-10-11-19-55(54)59(58)42-62(60)65-61-20-12-9-17-53(61)40-63(64)65)38-25-43-21-26-47(27-22-43)48-28-23-44(24-29-48)39-57(51-34-30-49(31-35-51)45-13-5-3-6-14-45)52-36-32-50(33-37-52)46-15-7-4-8-16-46/h3-24,26-37,40-42,56-57H,25,38-39H2,1-2H3. The lowest BCUT2D eigenvalue weighted by Gasteiger charge is -2.21. The molecule has 1 atom stereocenters. The lowest BCUT2D eigenvalue weighted by Crippen LogP contribution is -2.15. The number of hydrogen-bond acceptors (Lipinski definition) is 0. The zero-order valence-electron chi connectivity index (χ0n) is 37.1. The van der Waals surface area contributed by atoms with Gasteiger partial charge in [0.15, 0.2) is 0 Å². The van der Waals surface area contributed by atoms with Crippen LogP contribution in [0.3, 0.4) is 0 Å². The van der Waals surface area contributed by atoms with Crippen LogP contribution in [0.1, 0.15) is 76.7 Å². The van der Waals surface area contributed by atoms with Gasteiger partial charge in [0, 0.05) is 28.3 Å². The number of rotatable bonds is 10. The van der Waals surface area contributed by atoms with Gasteiger partial charge in [0.1, 0.15) is 0 Å². The summed E-state index contributed by atoms with van der Waals surface area (Å²) >= 11 is 0. The first-order valence-corrected chi connectivity index (χ1v) is 23.3. The second-order valence-electron chi connectivity index (χ2n) is 18.8. The molecule has 0 saturated carbocycles. The van der Waals surface area contributed by atoms with Gasteiger partial charge in [0.25, 0.3) is 0 Å². The number of benzene rings is 9. The summed E-state index contributed by atoms with van der Waals surface area (Å²) in [6.45, 7) is 4.80. The maximum atomic E-state index is 2.56.